The molecule has 12 nitrogen and oxygen atoms in total. The summed E-state index contributed by atoms with van der Waals surface area (Å²) in [6.07, 6.45) is -2.04. The van der Waals surface area contributed by atoms with Gasteiger partial charge in [-0.2, -0.15) is 0 Å². The lowest BCUT2D eigenvalue weighted by Crippen LogP contribution is -2.33. The SMILES string of the molecule is CC(=O)c1cccc(NCC(O)COC(=O)NCCOCCOCCNC(=O)OCC2CO2)c1. The maximum Gasteiger partial charge on any atom is 0.407 e. The van der Waals surface area contributed by atoms with Crippen LogP contribution < -0.4 is 16.0 Å². The van der Waals surface area contributed by atoms with Crippen LogP contribution in [0.4, 0.5) is 15.3 Å². The lowest BCUT2D eigenvalue weighted by Gasteiger charge is -2.14. The molecule has 0 bridgehead atoms. The van der Waals surface area contributed by atoms with Gasteiger partial charge in [0, 0.05) is 30.9 Å². The Morgan fingerprint density at radius 3 is 2.32 bits per heavy atom. The van der Waals surface area contributed by atoms with E-state index in [9.17, 15) is 19.5 Å². The van der Waals surface area contributed by atoms with Crippen molar-refractivity contribution in [1.29, 1.82) is 0 Å². The normalized spacial score (nSPS) is 15.2. The van der Waals surface area contributed by atoms with Crippen molar-refractivity contribution in [2.45, 2.75) is 19.1 Å². The number of benzene rings is 1. The van der Waals surface area contributed by atoms with E-state index in [2.05, 4.69) is 16.0 Å². The van der Waals surface area contributed by atoms with Crippen molar-refractivity contribution in [2.75, 3.05) is 71.2 Å². The summed E-state index contributed by atoms with van der Waals surface area (Å²) in [5.41, 5.74) is 1.26. The Morgan fingerprint density at radius 1 is 1.06 bits per heavy atom. The van der Waals surface area contributed by atoms with E-state index >= 15 is 0 Å². The van der Waals surface area contributed by atoms with Gasteiger partial charge in [-0.15, -0.1) is 0 Å². The van der Waals surface area contributed by atoms with E-state index in [0.29, 0.717) is 44.2 Å². The van der Waals surface area contributed by atoms with Crippen LogP contribution in [0.1, 0.15) is 17.3 Å². The van der Waals surface area contributed by atoms with Gasteiger partial charge in [-0.3, -0.25) is 4.79 Å². The van der Waals surface area contributed by atoms with Gasteiger partial charge >= 0.3 is 12.2 Å². The van der Waals surface area contributed by atoms with Gasteiger partial charge < -0.3 is 44.7 Å². The summed E-state index contributed by atoms with van der Waals surface area (Å²) in [7, 11) is 0. The number of ether oxygens (including phenoxy) is 5. The van der Waals surface area contributed by atoms with E-state index in [1.54, 1.807) is 24.3 Å². The molecule has 2 rings (SSSR count). The van der Waals surface area contributed by atoms with Gasteiger partial charge in [-0.05, 0) is 19.1 Å². The Morgan fingerprint density at radius 2 is 1.71 bits per heavy atom. The number of hydrogen-bond acceptors (Lipinski definition) is 10. The quantitative estimate of drug-likeness (QED) is 0.140. The Hall–Kier alpha value is -2.93. The monoisotopic (exact) mass is 483 g/mol. The molecule has 2 atom stereocenters. The number of carbonyl (C=O) groups excluding carboxylic acids is 3. The van der Waals surface area contributed by atoms with E-state index in [1.807, 2.05) is 0 Å². The molecule has 0 aromatic heterocycles. The second-order valence-electron chi connectivity index (χ2n) is 7.40. The molecule has 12 heteroatoms. The van der Waals surface area contributed by atoms with Crippen molar-refractivity contribution in [1.82, 2.24) is 10.6 Å². The number of rotatable bonds is 17. The van der Waals surface area contributed by atoms with Crippen LogP contribution in [-0.2, 0) is 23.7 Å². The molecule has 1 fully saturated rings. The number of ketones is 1. The summed E-state index contributed by atoms with van der Waals surface area (Å²) >= 11 is 0. The number of aliphatic hydroxyl groups excluding tert-OH is 1. The van der Waals surface area contributed by atoms with Crippen LogP contribution in [-0.4, -0.2) is 101 Å². The molecule has 2 unspecified atom stereocenters. The average molecular weight is 484 g/mol. The summed E-state index contributed by atoms with van der Waals surface area (Å²) in [4.78, 5) is 34.4. The third kappa shape index (κ3) is 12.9. The zero-order valence-electron chi connectivity index (χ0n) is 19.2. The van der Waals surface area contributed by atoms with Gasteiger partial charge in [0.25, 0.3) is 0 Å². The molecule has 4 N–H and O–H groups in total. The van der Waals surface area contributed by atoms with Crippen LogP contribution in [0, 0.1) is 0 Å². The summed E-state index contributed by atoms with van der Waals surface area (Å²) < 4.78 is 25.4. The van der Waals surface area contributed by atoms with Gasteiger partial charge in [0.05, 0.1) is 33.0 Å². The molecule has 1 aromatic carbocycles. The maximum absolute atomic E-state index is 11.7. The van der Waals surface area contributed by atoms with Crippen molar-refractivity contribution in [2.24, 2.45) is 0 Å². The van der Waals surface area contributed by atoms with Crippen LogP contribution in [0.25, 0.3) is 0 Å². The summed E-state index contributed by atoms with van der Waals surface area (Å²) in [5, 5.41) is 18.0. The number of Topliss-reactive ketones (excluding diaryl/α,β-unsaturated/α-hetero) is 1. The number of aliphatic hydroxyl groups is 1. The first kappa shape index (κ1) is 27.3. The van der Waals surface area contributed by atoms with E-state index < -0.39 is 18.3 Å². The highest BCUT2D eigenvalue weighted by atomic mass is 16.6. The lowest BCUT2D eigenvalue weighted by molar-refractivity contribution is 0.0468. The molecule has 2 amide bonds. The van der Waals surface area contributed by atoms with Crippen molar-refractivity contribution in [3.63, 3.8) is 0 Å². The fourth-order valence-electron chi connectivity index (χ4n) is 2.52. The van der Waals surface area contributed by atoms with E-state index in [1.165, 1.54) is 6.92 Å². The molecule has 1 saturated heterocycles. The predicted molar refractivity (Wildman–Crippen MR) is 121 cm³/mol. The summed E-state index contributed by atoms with van der Waals surface area (Å²) in [6, 6.07) is 6.91. The van der Waals surface area contributed by atoms with Crippen LogP contribution in [0.5, 0.6) is 0 Å². The number of hydrogen-bond donors (Lipinski definition) is 4. The number of anilines is 1. The number of carbonyl (C=O) groups is 3. The number of nitrogens with one attached hydrogen (secondary N) is 3. The van der Waals surface area contributed by atoms with Gasteiger partial charge in [-0.25, -0.2) is 9.59 Å². The Labute approximate surface area is 198 Å². The maximum atomic E-state index is 11.7. The van der Waals surface area contributed by atoms with Crippen LogP contribution in [0.2, 0.25) is 0 Å². The molecule has 0 spiro atoms. The molecule has 1 aliphatic heterocycles. The Kier molecular flexibility index (Phi) is 12.7. The molecule has 1 heterocycles. The van der Waals surface area contributed by atoms with Gasteiger partial charge in [0.15, 0.2) is 5.78 Å². The van der Waals surface area contributed by atoms with Crippen LogP contribution in [0.15, 0.2) is 24.3 Å². The molecule has 0 radical (unpaired) electrons. The molecule has 190 valence electrons. The van der Waals surface area contributed by atoms with E-state index in [0.717, 1.165) is 0 Å². The Bertz CT molecular complexity index is 774. The standard InChI is InChI=1S/C22H33N3O9/c1-16(26)17-3-2-4-18(11-17)25-12-19(27)13-33-21(28)23-5-7-30-9-10-31-8-6-24-22(29)34-15-20-14-32-20/h2-4,11,19-20,25,27H,5-10,12-15H2,1H3,(H,23,28)(H,24,29). The summed E-state index contributed by atoms with van der Waals surface area (Å²) in [5.74, 6) is -0.0487. The fourth-order valence-corrected chi connectivity index (χ4v) is 2.52. The van der Waals surface area contributed by atoms with Crippen LogP contribution in [0.3, 0.4) is 0 Å². The number of alkyl carbamates (subject to hydrolysis) is 2. The second kappa shape index (κ2) is 15.8. The highest BCUT2D eigenvalue weighted by Gasteiger charge is 2.24. The summed E-state index contributed by atoms with van der Waals surface area (Å²) in [6.45, 7) is 4.17. The largest absolute Gasteiger partial charge is 0.447 e. The minimum Gasteiger partial charge on any atom is -0.447 e. The first-order valence-corrected chi connectivity index (χ1v) is 11.1. The molecule has 34 heavy (non-hydrogen) atoms. The Balaban J connectivity index is 1.37. The smallest absolute Gasteiger partial charge is 0.407 e. The minimum atomic E-state index is -0.913. The third-order valence-electron chi connectivity index (χ3n) is 4.42. The van der Waals surface area contributed by atoms with Crippen molar-refractivity contribution < 1.29 is 43.2 Å². The number of amides is 2. The third-order valence-corrected chi connectivity index (χ3v) is 4.42. The second-order valence-corrected chi connectivity index (χ2v) is 7.40. The fraction of sp³-hybridized carbons (Fsp3) is 0.591. The number of epoxide rings is 1. The van der Waals surface area contributed by atoms with Crippen molar-refractivity contribution in [3.05, 3.63) is 29.8 Å². The zero-order valence-corrected chi connectivity index (χ0v) is 19.2. The lowest BCUT2D eigenvalue weighted by atomic mass is 10.1. The van der Waals surface area contributed by atoms with Crippen molar-refractivity contribution >= 4 is 23.7 Å². The van der Waals surface area contributed by atoms with Crippen molar-refractivity contribution in [3.8, 4) is 0 Å². The molecule has 1 aliphatic rings. The highest BCUT2D eigenvalue weighted by Crippen LogP contribution is 2.11. The van der Waals surface area contributed by atoms with Gasteiger partial charge in [0.2, 0.25) is 0 Å². The predicted octanol–water partition coefficient (Wildman–Crippen LogP) is 0.546. The zero-order chi connectivity index (χ0) is 24.6. The molecular formula is C22H33N3O9. The molecule has 0 aliphatic carbocycles. The van der Waals surface area contributed by atoms with Crippen LogP contribution >= 0.6 is 0 Å². The van der Waals surface area contributed by atoms with E-state index in [-0.39, 0.29) is 44.8 Å². The molecular weight excluding hydrogens is 450 g/mol. The van der Waals surface area contributed by atoms with Gasteiger partial charge in [0.1, 0.15) is 25.4 Å². The minimum absolute atomic E-state index is 0.0356. The first-order valence-electron chi connectivity index (χ1n) is 11.1. The van der Waals surface area contributed by atoms with Gasteiger partial charge in [-0.1, -0.05) is 12.1 Å². The highest BCUT2D eigenvalue weighted by molar-refractivity contribution is 5.94. The topological polar surface area (TPSA) is 157 Å². The van der Waals surface area contributed by atoms with E-state index in [4.69, 9.17) is 23.7 Å². The first-order chi connectivity index (χ1) is 16.4. The molecule has 1 aromatic rings. The average Bonchev–Trinajstić information content (AvgIpc) is 3.66. The molecule has 0 saturated carbocycles.